The number of fused-ring (bicyclic) bond motifs is 1. The van der Waals surface area contributed by atoms with E-state index in [0.717, 1.165) is 51.4 Å². The highest BCUT2D eigenvalue weighted by Gasteiger charge is 2.16. The number of ether oxygens (including phenoxy) is 1. The second kappa shape index (κ2) is 10.1. The van der Waals surface area contributed by atoms with E-state index < -0.39 is 11.3 Å². The van der Waals surface area contributed by atoms with Crippen molar-refractivity contribution in [2.24, 2.45) is 5.73 Å². The minimum atomic E-state index is -0.761. The number of nitrogens with two attached hydrogens (primary N) is 1. The average Bonchev–Trinajstić information content (AvgIpc) is 2.81. The van der Waals surface area contributed by atoms with Crippen LogP contribution in [0.4, 0.5) is 11.6 Å². The second-order valence-electron chi connectivity index (χ2n) is 8.55. The van der Waals surface area contributed by atoms with Gasteiger partial charge in [0.05, 0.1) is 18.6 Å². The Balaban J connectivity index is 1.47. The van der Waals surface area contributed by atoms with Gasteiger partial charge >= 0.3 is 0 Å². The number of aromatic nitrogens is 3. The van der Waals surface area contributed by atoms with E-state index in [4.69, 9.17) is 10.5 Å². The summed E-state index contributed by atoms with van der Waals surface area (Å²) in [4.78, 5) is 35.6. The number of rotatable bonds is 8. The zero-order chi connectivity index (χ0) is 23.4. The van der Waals surface area contributed by atoms with E-state index in [-0.39, 0.29) is 17.0 Å². The van der Waals surface area contributed by atoms with Crippen LogP contribution in [0.25, 0.3) is 11.0 Å². The maximum Gasteiger partial charge on any atom is 0.254 e. The highest BCUT2D eigenvalue weighted by molar-refractivity contribution is 5.95. The number of nitrogens with one attached hydrogen (secondary N) is 1. The number of hydrogen-bond acceptors (Lipinski definition) is 7. The van der Waals surface area contributed by atoms with Crippen LogP contribution in [0.1, 0.15) is 42.2 Å². The first-order chi connectivity index (χ1) is 15.9. The number of carbonyl (C=O) groups is 1. The summed E-state index contributed by atoms with van der Waals surface area (Å²) in [6.07, 6.45) is 5.05. The molecule has 174 valence electrons. The van der Waals surface area contributed by atoms with E-state index in [1.807, 2.05) is 26.0 Å². The molecule has 1 saturated heterocycles. The number of benzene rings is 1. The molecule has 0 spiro atoms. The van der Waals surface area contributed by atoms with E-state index in [1.54, 1.807) is 4.57 Å². The molecule has 0 bridgehead atoms. The van der Waals surface area contributed by atoms with Gasteiger partial charge in [0.2, 0.25) is 11.4 Å². The summed E-state index contributed by atoms with van der Waals surface area (Å²) in [5.74, 6) is -0.383. The number of nitrogens with zero attached hydrogens (tertiary/aromatic N) is 4. The molecule has 9 heteroatoms. The van der Waals surface area contributed by atoms with Crippen molar-refractivity contribution in [1.82, 2.24) is 19.4 Å². The van der Waals surface area contributed by atoms with Crippen LogP contribution in [0.3, 0.4) is 0 Å². The van der Waals surface area contributed by atoms with Crippen molar-refractivity contribution < 1.29 is 9.53 Å². The fourth-order valence-corrected chi connectivity index (χ4v) is 3.98. The third-order valence-electron chi connectivity index (χ3n) is 5.85. The lowest BCUT2D eigenvalue weighted by Gasteiger charge is -2.26. The van der Waals surface area contributed by atoms with E-state index in [0.29, 0.717) is 11.6 Å². The Bertz CT molecular complexity index is 1180. The quantitative estimate of drug-likeness (QED) is 0.542. The van der Waals surface area contributed by atoms with Crippen molar-refractivity contribution in [2.45, 2.75) is 32.7 Å². The molecule has 2 aromatic heterocycles. The van der Waals surface area contributed by atoms with Crippen molar-refractivity contribution in [1.29, 1.82) is 0 Å². The maximum atomic E-state index is 12.6. The minimum Gasteiger partial charge on any atom is -0.379 e. The molecule has 1 aliphatic heterocycles. The van der Waals surface area contributed by atoms with Gasteiger partial charge in [-0.15, -0.1) is 0 Å². The summed E-state index contributed by atoms with van der Waals surface area (Å²) in [6.45, 7) is 8.67. The fraction of sp³-hybridized carbons (Fsp3) is 0.417. The molecule has 9 nitrogen and oxygen atoms in total. The third kappa shape index (κ3) is 5.37. The summed E-state index contributed by atoms with van der Waals surface area (Å²) >= 11 is 0. The van der Waals surface area contributed by atoms with Crippen molar-refractivity contribution >= 4 is 28.6 Å². The molecule has 1 amide bonds. The fourth-order valence-electron chi connectivity index (χ4n) is 3.98. The lowest BCUT2D eigenvalue weighted by atomic mass is 10.1. The Labute approximate surface area is 192 Å². The summed E-state index contributed by atoms with van der Waals surface area (Å²) in [6, 6.07) is 8.19. The van der Waals surface area contributed by atoms with Crippen LogP contribution < -0.4 is 16.5 Å². The molecule has 0 atom stereocenters. The number of morpholine rings is 1. The smallest absolute Gasteiger partial charge is 0.254 e. The van der Waals surface area contributed by atoms with Gasteiger partial charge in [-0.2, -0.15) is 4.98 Å². The lowest BCUT2D eigenvalue weighted by Crippen LogP contribution is -2.36. The molecule has 0 saturated carbocycles. The van der Waals surface area contributed by atoms with E-state index in [1.165, 1.54) is 18.0 Å². The van der Waals surface area contributed by atoms with Crippen molar-refractivity contribution in [3.63, 3.8) is 0 Å². The van der Waals surface area contributed by atoms with E-state index >= 15 is 0 Å². The summed E-state index contributed by atoms with van der Waals surface area (Å²) in [5.41, 5.74) is 7.45. The van der Waals surface area contributed by atoms with Crippen molar-refractivity contribution in [3.05, 3.63) is 58.0 Å². The maximum absolute atomic E-state index is 12.6. The highest BCUT2D eigenvalue weighted by atomic mass is 16.5. The molecule has 0 unspecified atom stereocenters. The van der Waals surface area contributed by atoms with Gasteiger partial charge in [0.1, 0.15) is 11.2 Å². The number of aryl methyl sites for hydroxylation is 1. The van der Waals surface area contributed by atoms with Gasteiger partial charge in [-0.25, -0.2) is 4.98 Å². The number of carbonyl (C=O) groups excluding carboxylic acids is 1. The van der Waals surface area contributed by atoms with Gasteiger partial charge < -0.3 is 20.4 Å². The zero-order valence-corrected chi connectivity index (χ0v) is 19.1. The Kier molecular flexibility index (Phi) is 7.00. The number of pyridine rings is 1. The van der Waals surface area contributed by atoms with Crippen LogP contribution in [0.2, 0.25) is 0 Å². The number of anilines is 2. The predicted octanol–water partition coefficient (Wildman–Crippen LogP) is 2.48. The van der Waals surface area contributed by atoms with Gasteiger partial charge in [-0.05, 0) is 50.9 Å². The first-order valence-corrected chi connectivity index (χ1v) is 11.3. The highest BCUT2D eigenvalue weighted by Crippen LogP contribution is 2.19. The number of amides is 1. The van der Waals surface area contributed by atoms with Crippen LogP contribution in [-0.2, 0) is 11.2 Å². The van der Waals surface area contributed by atoms with Gasteiger partial charge in [0.15, 0.2) is 0 Å². The van der Waals surface area contributed by atoms with Gasteiger partial charge in [-0.3, -0.25) is 14.5 Å². The molecule has 4 rings (SSSR count). The first-order valence-electron chi connectivity index (χ1n) is 11.3. The largest absolute Gasteiger partial charge is 0.379 e. The summed E-state index contributed by atoms with van der Waals surface area (Å²) in [5, 5.41) is 3.47. The third-order valence-corrected chi connectivity index (χ3v) is 5.85. The van der Waals surface area contributed by atoms with Gasteiger partial charge in [0, 0.05) is 37.2 Å². The van der Waals surface area contributed by atoms with Crippen LogP contribution in [0.15, 0.2) is 41.5 Å². The Morgan fingerprint density at radius 1 is 1.21 bits per heavy atom. The molecule has 1 fully saturated rings. The summed E-state index contributed by atoms with van der Waals surface area (Å²) in [7, 11) is 0. The van der Waals surface area contributed by atoms with Gasteiger partial charge in [0.25, 0.3) is 5.91 Å². The topological polar surface area (TPSA) is 115 Å². The molecule has 3 N–H and O–H groups in total. The minimum absolute atomic E-state index is 0.0225. The normalized spacial score (nSPS) is 14.6. The lowest BCUT2D eigenvalue weighted by molar-refractivity contribution is 0.0374. The SMILES string of the molecule is CC(C)n1cc(C(N)=O)c(=O)c2cnc(Nc3ccc(CCCN4CCOCC4)cc3)nc21. The monoisotopic (exact) mass is 450 g/mol. The molecule has 0 radical (unpaired) electrons. The molecule has 33 heavy (non-hydrogen) atoms. The molecule has 3 heterocycles. The van der Waals surface area contributed by atoms with E-state index in [9.17, 15) is 9.59 Å². The second-order valence-corrected chi connectivity index (χ2v) is 8.55. The predicted molar refractivity (Wildman–Crippen MR) is 128 cm³/mol. The molecule has 1 aliphatic rings. The number of primary amides is 1. The number of hydrogen-bond donors (Lipinski definition) is 2. The average molecular weight is 451 g/mol. The van der Waals surface area contributed by atoms with Crippen molar-refractivity contribution in [2.75, 3.05) is 38.2 Å². The Morgan fingerprint density at radius 3 is 2.61 bits per heavy atom. The first kappa shape index (κ1) is 22.9. The standard InChI is InChI=1S/C24H30N6O3/c1-16(2)30-15-20(22(25)32)21(31)19-14-26-24(28-23(19)30)27-18-7-5-17(6-8-18)4-3-9-29-10-12-33-13-11-29/h5-8,14-16H,3-4,9-13H2,1-2H3,(H2,25,32)(H,26,27,28). The molecular formula is C24H30N6O3. The molecule has 0 aliphatic carbocycles. The molecule has 1 aromatic carbocycles. The van der Waals surface area contributed by atoms with E-state index in [2.05, 4.69) is 32.3 Å². The Hall–Kier alpha value is -3.30. The zero-order valence-electron chi connectivity index (χ0n) is 19.1. The van der Waals surface area contributed by atoms with Gasteiger partial charge in [-0.1, -0.05) is 12.1 Å². The van der Waals surface area contributed by atoms with Crippen LogP contribution in [0, 0.1) is 0 Å². The van der Waals surface area contributed by atoms with Crippen LogP contribution in [-0.4, -0.2) is 58.2 Å². The van der Waals surface area contributed by atoms with Crippen LogP contribution in [0.5, 0.6) is 0 Å². The molecular weight excluding hydrogens is 420 g/mol. The summed E-state index contributed by atoms with van der Waals surface area (Å²) < 4.78 is 7.16. The molecule has 3 aromatic rings. The van der Waals surface area contributed by atoms with Crippen molar-refractivity contribution in [3.8, 4) is 0 Å². The Morgan fingerprint density at radius 2 is 1.94 bits per heavy atom. The van der Waals surface area contributed by atoms with Crippen LogP contribution >= 0.6 is 0 Å².